The van der Waals surface area contributed by atoms with E-state index in [1.54, 1.807) is 6.07 Å². The lowest BCUT2D eigenvalue weighted by Gasteiger charge is -2.03. The molecule has 14 heavy (non-hydrogen) atoms. The van der Waals surface area contributed by atoms with E-state index in [2.05, 4.69) is 0 Å². The van der Waals surface area contributed by atoms with Crippen molar-refractivity contribution in [3.8, 4) is 0 Å². The van der Waals surface area contributed by atoms with Gasteiger partial charge in [0.2, 0.25) is 0 Å². The van der Waals surface area contributed by atoms with Gasteiger partial charge in [-0.15, -0.1) is 11.3 Å². The van der Waals surface area contributed by atoms with E-state index in [1.165, 1.54) is 11.3 Å². The van der Waals surface area contributed by atoms with Crippen LogP contribution in [0.4, 0.5) is 13.2 Å². The molecule has 1 rings (SSSR count). The standard InChI is InChI=1S/C10H13F3S/c1-7(2)9-4-3-8(14-9)5-6-10(11,12)13/h3-4,7H,5-6H2,1-2H3. The summed E-state index contributed by atoms with van der Waals surface area (Å²) in [5.41, 5.74) is 0. The van der Waals surface area contributed by atoms with E-state index < -0.39 is 12.6 Å². The predicted molar refractivity (Wildman–Crippen MR) is 52.8 cm³/mol. The highest BCUT2D eigenvalue weighted by molar-refractivity contribution is 7.12. The summed E-state index contributed by atoms with van der Waals surface area (Å²) < 4.78 is 35.7. The fourth-order valence-electron chi connectivity index (χ4n) is 1.10. The van der Waals surface area contributed by atoms with E-state index in [9.17, 15) is 13.2 Å². The second-order valence-corrected chi connectivity index (χ2v) is 4.77. The van der Waals surface area contributed by atoms with Crippen LogP contribution < -0.4 is 0 Å². The average Bonchev–Trinajstić information content (AvgIpc) is 2.47. The molecule has 0 N–H and O–H groups in total. The van der Waals surface area contributed by atoms with Crippen molar-refractivity contribution in [1.29, 1.82) is 0 Å². The van der Waals surface area contributed by atoms with Gasteiger partial charge in [-0.1, -0.05) is 13.8 Å². The summed E-state index contributed by atoms with van der Waals surface area (Å²) in [5, 5.41) is 0. The molecular formula is C10H13F3S. The van der Waals surface area contributed by atoms with E-state index in [4.69, 9.17) is 0 Å². The maximum atomic E-state index is 11.9. The zero-order valence-corrected chi connectivity index (χ0v) is 9.00. The fraction of sp³-hybridized carbons (Fsp3) is 0.600. The highest BCUT2D eigenvalue weighted by Gasteiger charge is 2.26. The van der Waals surface area contributed by atoms with Gasteiger partial charge in [-0.3, -0.25) is 0 Å². The normalized spacial score (nSPS) is 12.4. The highest BCUT2D eigenvalue weighted by Crippen LogP contribution is 2.28. The molecule has 0 aliphatic rings. The first-order valence-electron chi connectivity index (χ1n) is 4.54. The molecule has 1 aromatic heterocycles. The monoisotopic (exact) mass is 222 g/mol. The van der Waals surface area contributed by atoms with Crippen molar-refractivity contribution in [2.75, 3.05) is 0 Å². The Morgan fingerprint density at radius 3 is 2.36 bits per heavy atom. The lowest BCUT2D eigenvalue weighted by atomic mass is 10.2. The van der Waals surface area contributed by atoms with E-state index in [0.29, 0.717) is 5.92 Å². The number of halogens is 3. The lowest BCUT2D eigenvalue weighted by molar-refractivity contribution is -0.133. The van der Waals surface area contributed by atoms with Crippen molar-refractivity contribution in [3.05, 3.63) is 21.9 Å². The van der Waals surface area contributed by atoms with Gasteiger partial charge in [0.25, 0.3) is 0 Å². The van der Waals surface area contributed by atoms with Crippen LogP contribution in [0.25, 0.3) is 0 Å². The second-order valence-electron chi connectivity index (χ2n) is 3.57. The molecule has 0 aliphatic carbocycles. The van der Waals surface area contributed by atoms with Crippen molar-refractivity contribution in [3.63, 3.8) is 0 Å². The molecule has 0 unspecified atom stereocenters. The summed E-state index contributed by atoms with van der Waals surface area (Å²) >= 11 is 1.48. The molecule has 1 aromatic rings. The van der Waals surface area contributed by atoms with Crippen molar-refractivity contribution in [2.24, 2.45) is 0 Å². The Hall–Kier alpha value is -0.510. The third kappa shape index (κ3) is 3.70. The molecule has 0 saturated carbocycles. The molecule has 0 aromatic carbocycles. The van der Waals surface area contributed by atoms with Crippen LogP contribution in [0.15, 0.2) is 12.1 Å². The summed E-state index contributed by atoms with van der Waals surface area (Å²) in [6.07, 6.45) is -4.64. The number of thiophene rings is 1. The minimum atomic E-state index is -4.04. The molecule has 0 fully saturated rings. The molecule has 0 aliphatic heterocycles. The largest absolute Gasteiger partial charge is 0.389 e. The van der Waals surface area contributed by atoms with Gasteiger partial charge < -0.3 is 0 Å². The fourth-order valence-corrected chi connectivity index (χ4v) is 2.12. The molecule has 0 amide bonds. The number of rotatable bonds is 3. The molecular weight excluding hydrogens is 209 g/mol. The van der Waals surface area contributed by atoms with Crippen molar-refractivity contribution >= 4 is 11.3 Å². The topological polar surface area (TPSA) is 0 Å². The number of alkyl halides is 3. The number of aryl methyl sites for hydroxylation is 1. The summed E-state index contributed by atoms with van der Waals surface area (Å²) in [6, 6.07) is 3.72. The van der Waals surface area contributed by atoms with Crippen LogP contribution in [-0.4, -0.2) is 6.18 Å². The molecule has 0 spiro atoms. The Balaban J connectivity index is 2.52. The third-order valence-electron chi connectivity index (χ3n) is 1.91. The molecule has 0 bridgehead atoms. The first kappa shape index (κ1) is 11.6. The van der Waals surface area contributed by atoms with Crippen LogP contribution in [-0.2, 0) is 6.42 Å². The SMILES string of the molecule is CC(C)c1ccc(CCC(F)(F)F)s1. The third-order valence-corrected chi connectivity index (χ3v) is 3.35. The quantitative estimate of drug-likeness (QED) is 0.712. The Morgan fingerprint density at radius 2 is 1.93 bits per heavy atom. The van der Waals surface area contributed by atoms with Crippen molar-refractivity contribution in [2.45, 2.75) is 38.8 Å². The predicted octanol–water partition coefficient (Wildman–Crippen LogP) is 4.37. The van der Waals surface area contributed by atoms with E-state index in [1.807, 2.05) is 19.9 Å². The smallest absolute Gasteiger partial charge is 0.171 e. The Kier molecular flexibility index (Phi) is 3.59. The van der Waals surface area contributed by atoms with Crippen LogP contribution in [0, 0.1) is 0 Å². The Labute approximate surface area is 85.8 Å². The molecule has 0 atom stereocenters. The van der Waals surface area contributed by atoms with Crippen LogP contribution in [0.2, 0.25) is 0 Å². The molecule has 0 radical (unpaired) electrons. The summed E-state index contributed by atoms with van der Waals surface area (Å²) in [5.74, 6) is 0.402. The van der Waals surface area contributed by atoms with Crippen molar-refractivity contribution < 1.29 is 13.2 Å². The first-order valence-corrected chi connectivity index (χ1v) is 5.35. The minimum absolute atomic E-state index is 0.112. The Morgan fingerprint density at radius 1 is 1.29 bits per heavy atom. The lowest BCUT2D eigenvalue weighted by Crippen LogP contribution is -2.07. The van der Waals surface area contributed by atoms with Crippen LogP contribution in [0.3, 0.4) is 0 Å². The second kappa shape index (κ2) is 4.34. The minimum Gasteiger partial charge on any atom is -0.171 e. The van der Waals surface area contributed by atoms with Crippen LogP contribution in [0.1, 0.15) is 35.9 Å². The zero-order chi connectivity index (χ0) is 10.8. The van der Waals surface area contributed by atoms with E-state index >= 15 is 0 Å². The van der Waals surface area contributed by atoms with Gasteiger partial charge in [-0.05, 0) is 24.5 Å². The average molecular weight is 222 g/mol. The van der Waals surface area contributed by atoms with Crippen LogP contribution in [0.5, 0.6) is 0 Å². The van der Waals surface area contributed by atoms with Gasteiger partial charge in [0.15, 0.2) is 0 Å². The van der Waals surface area contributed by atoms with Gasteiger partial charge >= 0.3 is 6.18 Å². The van der Waals surface area contributed by atoms with Gasteiger partial charge in [-0.2, -0.15) is 13.2 Å². The number of hydrogen-bond donors (Lipinski definition) is 0. The van der Waals surface area contributed by atoms with Gasteiger partial charge in [0.1, 0.15) is 0 Å². The summed E-state index contributed by atoms with van der Waals surface area (Å²) in [6.45, 7) is 4.08. The van der Waals surface area contributed by atoms with E-state index in [0.717, 1.165) is 9.75 Å². The first-order chi connectivity index (χ1) is 6.38. The maximum absolute atomic E-state index is 11.9. The van der Waals surface area contributed by atoms with Gasteiger partial charge in [0.05, 0.1) is 0 Å². The molecule has 1 heterocycles. The Bertz CT molecular complexity index is 286. The van der Waals surface area contributed by atoms with E-state index in [-0.39, 0.29) is 6.42 Å². The zero-order valence-electron chi connectivity index (χ0n) is 8.19. The van der Waals surface area contributed by atoms with Gasteiger partial charge in [-0.25, -0.2) is 0 Å². The summed E-state index contributed by atoms with van der Waals surface area (Å²) in [7, 11) is 0. The van der Waals surface area contributed by atoms with Crippen LogP contribution >= 0.6 is 11.3 Å². The molecule has 80 valence electrons. The molecule has 0 nitrogen and oxygen atoms in total. The number of hydrogen-bond acceptors (Lipinski definition) is 1. The van der Waals surface area contributed by atoms with Gasteiger partial charge in [0, 0.05) is 16.2 Å². The highest BCUT2D eigenvalue weighted by atomic mass is 32.1. The maximum Gasteiger partial charge on any atom is 0.389 e. The molecule has 4 heteroatoms. The van der Waals surface area contributed by atoms with Crippen molar-refractivity contribution in [1.82, 2.24) is 0 Å². The molecule has 0 saturated heterocycles. The summed E-state index contributed by atoms with van der Waals surface area (Å²) in [4.78, 5) is 1.98.